The van der Waals surface area contributed by atoms with Gasteiger partial charge < -0.3 is 15.1 Å². The van der Waals surface area contributed by atoms with Gasteiger partial charge in [-0.2, -0.15) is 0 Å². The summed E-state index contributed by atoms with van der Waals surface area (Å²) in [5, 5.41) is 3.06. The molecule has 1 fully saturated rings. The van der Waals surface area contributed by atoms with Crippen LogP contribution >= 0.6 is 0 Å². The number of carbonyl (C=O) groups excluding carboxylic acids is 1. The summed E-state index contributed by atoms with van der Waals surface area (Å²) in [6.45, 7) is 8.25. The zero-order valence-electron chi connectivity index (χ0n) is 16.6. The number of hydrogen-bond donors (Lipinski definition) is 1. The van der Waals surface area contributed by atoms with Crippen molar-refractivity contribution >= 4 is 17.4 Å². The van der Waals surface area contributed by atoms with Gasteiger partial charge in [0.05, 0.1) is 5.69 Å². The number of hydrogen-bond acceptors (Lipinski definition) is 5. The number of aryl methyl sites for hydroxylation is 2. The lowest BCUT2D eigenvalue weighted by molar-refractivity contribution is 0.0944. The molecule has 0 aromatic carbocycles. The second-order valence-electron chi connectivity index (χ2n) is 7.44. The monoisotopic (exact) mass is 378 g/mol. The van der Waals surface area contributed by atoms with E-state index in [1.54, 1.807) is 0 Å². The van der Waals surface area contributed by atoms with Gasteiger partial charge in [-0.1, -0.05) is 6.07 Å². The highest BCUT2D eigenvalue weighted by atomic mass is 16.1. The zero-order valence-corrected chi connectivity index (χ0v) is 16.6. The Hall–Kier alpha value is -2.93. The van der Waals surface area contributed by atoms with Gasteiger partial charge in [0.2, 0.25) is 0 Å². The van der Waals surface area contributed by atoms with Crippen molar-refractivity contribution in [3.8, 4) is 0 Å². The Morgan fingerprint density at radius 3 is 2.75 bits per heavy atom. The molecule has 7 nitrogen and oxygen atoms in total. The topological polar surface area (TPSA) is 65.8 Å². The molecular formula is C21H26N6O. The summed E-state index contributed by atoms with van der Waals surface area (Å²) in [7, 11) is 2.14. The summed E-state index contributed by atoms with van der Waals surface area (Å²) in [4.78, 5) is 26.6. The molecule has 1 aliphatic heterocycles. The van der Waals surface area contributed by atoms with E-state index in [0.29, 0.717) is 12.2 Å². The Bertz CT molecular complexity index is 1000. The van der Waals surface area contributed by atoms with Crippen LogP contribution in [0.3, 0.4) is 0 Å². The molecule has 1 N–H and O–H groups in total. The van der Waals surface area contributed by atoms with E-state index in [1.807, 2.05) is 54.9 Å². The van der Waals surface area contributed by atoms with Crippen molar-refractivity contribution in [2.75, 3.05) is 38.1 Å². The Morgan fingerprint density at radius 1 is 1.18 bits per heavy atom. The van der Waals surface area contributed by atoms with Crippen LogP contribution in [0.5, 0.6) is 0 Å². The molecule has 1 amide bonds. The van der Waals surface area contributed by atoms with Crippen molar-refractivity contribution < 1.29 is 4.79 Å². The summed E-state index contributed by atoms with van der Waals surface area (Å²) >= 11 is 0. The van der Waals surface area contributed by atoms with Gasteiger partial charge in [0.15, 0.2) is 0 Å². The second kappa shape index (κ2) is 7.59. The van der Waals surface area contributed by atoms with Crippen molar-refractivity contribution in [1.82, 2.24) is 24.6 Å². The minimum atomic E-state index is -0.123. The molecule has 0 aliphatic carbocycles. The number of pyridine rings is 2. The van der Waals surface area contributed by atoms with Gasteiger partial charge in [-0.05, 0) is 44.7 Å². The molecular weight excluding hydrogens is 352 g/mol. The Morgan fingerprint density at radius 2 is 1.96 bits per heavy atom. The van der Waals surface area contributed by atoms with Crippen LogP contribution in [-0.4, -0.2) is 58.4 Å². The maximum absolute atomic E-state index is 12.9. The number of anilines is 1. The fourth-order valence-electron chi connectivity index (χ4n) is 3.67. The van der Waals surface area contributed by atoms with Crippen LogP contribution in [-0.2, 0) is 6.54 Å². The molecule has 0 spiro atoms. The molecule has 3 aromatic rings. The number of amides is 1. The normalized spacial score (nSPS) is 15.2. The van der Waals surface area contributed by atoms with Gasteiger partial charge in [0, 0.05) is 50.7 Å². The maximum Gasteiger partial charge on any atom is 0.270 e. The molecule has 1 saturated heterocycles. The standard InChI is InChI=1S/C21H26N6O/c1-15-6-8-27-18(13-15)24-16(2)19(27)21(28)23-14-17-5-4-7-22-20(17)26-11-9-25(3)10-12-26/h4-8,13H,9-12,14H2,1-3H3,(H,23,28). The Balaban J connectivity index is 1.53. The van der Waals surface area contributed by atoms with Crippen LogP contribution in [0.25, 0.3) is 5.65 Å². The van der Waals surface area contributed by atoms with Gasteiger partial charge in [-0.25, -0.2) is 9.97 Å². The van der Waals surface area contributed by atoms with Gasteiger partial charge in [0.25, 0.3) is 5.91 Å². The van der Waals surface area contributed by atoms with Crippen LogP contribution in [0.15, 0.2) is 36.7 Å². The fourth-order valence-corrected chi connectivity index (χ4v) is 3.67. The third-order valence-corrected chi connectivity index (χ3v) is 5.28. The molecule has 28 heavy (non-hydrogen) atoms. The highest BCUT2D eigenvalue weighted by Crippen LogP contribution is 2.19. The first-order valence-electron chi connectivity index (χ1n) is 9.64. The molecule has 4 heterocycles. The smallest absolute Gasteiger partial charge is 0.270 e. The van der Waals surface area contributed by atoms with E-state index in [9.17, 15) is 4.79 Å². The lowest BCUT2D eigenvalue weighted by atomic mass is 10.2. The first-order chi connectivity index (χ1) is 13.5. The lowest BCUT2D eigenvalue weighted by Crippen LogP contribution is -2.45. The van der Waals surface area contributed by atoms with Crippen LogP contribution < -0.4 is 10.2 Å². The number of likely N-dealkylation sites (N-methyl/N-ethyl adjacent to an activating group) is 1. The van der Waals surface area contributed by atoms with Gasteiger partial charge in [-0.3, -0.25) is 9.20 Å². The number of piperazine rings is 1. The van der Waals surface area contributed by atoms with Crippen LogP contribution in [0.1, 0.15) is 27.3 Å². The highest BCUT2D eigenvalue weighted by Gasteiger charge is 2.20. The number of nitrogens with zero attached hydrogens (tertiary/aromatic N) is 5. The first-order valence-corrected chi connectivity index (χ1v) is 9.64. The Kier molecular flexibility index (Phi) is 5.00. The summed E-state index contributed by atoms with van der Waals surface area (Å²) in [6.07, 6.45) is 3.72. The van der Waals surface area contributed by atoms with Crippen molar-refractivity contribution in [1.29, 1.82) is 0 Å². The molecule has 1 aliphatic rings. The number of fused-ring (bicyclic) bond motifs is 1. The van der Waals surface area contributed by atoms with Crippen molar-refractivity contribution in [2.24, 2.45) is 0 Å². The molecule has 3 aromatic heterocycles. The molecule has 7 heteroatoms. The molecule has 4 rings (SSSR count). The van der Waals surface area contributed by atoms with Gasteiger partial charge >= 0.3 is 0 Å². The number of rotatable bonds is 4. The maximum atomic E-state index is 12.9. The van der Waals surface area contributed by atoms with E-state index >= 15 is 0 Å². The van der Waals surface area contributed by atoms with Crippen molar-refractivity contribution in [3.05, 3.63) is 59.2 Å². The van der Waals surface area contributed by atoms with Crippen molar-refractivity contribution in [3.63, 3.8) is 0 Å². The van der Waals surface area contributed by atoms with Crippen molar-refractivity contribution in [2.45, 2.75) is 20.4 Å². The number of carbonyl (C=O) groups is 1. The van der Waals surface area contributed by atoms with E-state index in [1.165, 1.54) is 0 Å². The predicted molar refractivity (Wildman–Crippen MR) is 110 cm³/mol. The van der Waals surface area contributed by atoms with E-state index in [0.717, 1.165) is 54.5 Å². The summed E-state index contributed by atoms with van der Waals surface area (Å²) in [6, 6.07) is 7.92. The van der Waals surface area contributed by atoms with Gasteiger partial charge in [-0.15, -0.1) is 0 Å². The highest BCUT2D eigenvalue weighted by molar-refractivity contribution is 5.94. The largest absolute Gasteiger partial charge is 0.354 e. The molecule has 0 unspecified atom stereocenters. The quantitative estimate of drug-likeness (QED) is 0.753. The molecule has 0 bridgehead atoms. The number of nitrogens with one attached hydrogen (secondary N) is 1. The predicted octanol–water partition coefficient (Wildman–Crippen LogP) is 2.03. The average molecular weight is 378 g/mol. The number of aromatic nitrogens is 3. The van der Waals surface area contributed by atoms with E-state index < -0.39 is 0 Å². The van der Waals surface area contributed by atoms with Crippen LogP contribution in [0, 0.1) is 13.8 Å². The van der Waals surface area contributed by atoms with E-state index in [4.69, 9.17) is 0 Å². The number of imidazole rings is 1. The minimum Gasteiger partial charge on any atom is -0.354 e. The van der Waals surface area contributed by atoms with Crippen LogP contribution in [0.2, 0.25) is 0 Å². The SMILES string of the molecule is Cc1ccn2c(C(=O)NCc3cccnc3N3CCN(C)CC3)c(C)nc2c1. The zero-order chi connectivity index (χ0) is 19.7. The fraction of sp³-hybridized carbons (Fsp3) is 0.381. The average Bonchev–Trinajstić information content (AvgIpc) is 3.02. The molecule has 0 atom stereocenters. The third-order valence-electron chi connectivity index (χ3n) is 5.28. The summed E-state index contributed by atoms with van der Waals surface area (Å²) in [5.41, 5.74) is 4.26. The molecule has 0 saturated carbocycles. The summed E-state index contributed by atoms with van der Waals surface area (Å²) < 4.78 is 1.85. The summed E-state index contributed by atoms with van der Waals surface area (Å²) in [5.74, 6) is 0.837. The van der Waals surface area contributed by atoms with Gasteiger partial charge in [0.1, 0.15) is 17.2 Å². The second-order valence-corrected chi connectivity index (χ2v) is 7.44. The third kappa shape index (κ3) is 3.57. The van der Waals surface area contributed by atoms with E-state index in [2.05, 4.69) is 32.1 Å². The molecule has 146 valence electrons. The van der Waals surface area contributed by atoms with E-state index in [-0.39, 0.29) is 5.91 Å². The Labute approximate surface area is 165 Å². The minimum absolute atomic E-state index is 0.123. The first kappa shape index (κ1) is 18.4. The van der Waals surface area contributed by atoms with Crippen LogP contribution in [0.4, 0.5) is 5.82 Å². The lowest BCUT2D eigenvalue weighted by Gasteiger charge is -2.34. The molecule has 0 radical (unpaired) electrons.